The van der Waals surface area contributed by atoms with Crippen molar-refractivity contribution in [2.45, 2.75) is 32.5 Å². The van der Waals surface area contributed by atoms with Gasteiger partial charge in [-0.2, -0.15) is 4.39 Å². The van der Waals surface area contributed by atoms with Gasteiger partial charge in [0.25, 0.3) is 0 Å². The Labute approximate surface area is 204 Å². The molecule has 0 saturated carbocycles. The van der Waals surface area contributed by atoms with E-state index < -0.39 is 23.7 Å². The van der Waals surface area contributed by atoms with E-state index in [9.17, 15) is 13.2 Å². The van der Waals surface area contributed by atoms with Crippen LogP contribution in [0.5, 0.6) is 5.75 Å². The van der Waals surface area contributed by atoms with Crippen molar-refractivity contribution < 1.29 is 27.4 Å². The molecule has 1 aliphatic rings. The highest BCUT2D eigenvalue weighted by Crippen LogP contribution is 2.33. The standard InChI is InChI=1S/C29H29F3O3/c1-3-5-6-15-33-26-14-13-23(27(31)28(26)32)21-9-7-20(8-10-21)22-11-12-24(25(30)16-22)29-34-17-19(4-2)18-35-29/h4,7-14,16,19,29H,2-3,5-6,15,17-18H2,1H3. The molecule has 3 aromatic carbocycles. The van der Waals surface area contributed by atoms with Gasteiger partial charge in [0, 0.05) is 17.0 Å². The van der Waals surface area contributed by atoms with E-state index in [2.05, 4.69) is 13.5 Å². The molecule has 0 bridgehead atoms. The van der Waals surface area contributed by atoms with E-state index in [1.807, 2.05) is 0 Å². The van der Waals surface area contributed by atoms with Crippen LogP contribution in [0.4, 0.5) is 13.2 Å². The average Bonchev–Trinajstić information content (AvgIpc) is 2.89. The number of unbranched alkanes of at least 4 members (excludes halogenated alkanes) is 2. The molecule has 0 spiro atoms. The lowest BCUT2D eigenvalue weighted by Crippen LogP contribution is -2.26. The lowest BCUT2D eigenvalue weighted by Gasteiger charge is -2.28. The molecule has 0 aromatic heterocycles. The summed E-state index contributed by atoms with van der Waals surface area (Å²) in [4.78, 5) is 0. The molecule has 0 aliphatic carbocycles. The fourth-order valence-corrected chi connectivity index (χ4v) is 3.97. The van der Waals surface area contributed by atoms with Gasteiger partial charge in [0.05, 0.1) is 19.8 Å². The van der Waals surface area contributed by atoms with E-state index in [0.717, 1.165) is 24.8 Å². The molecule has 35 heavy (non-hydrogen) atoms. The maximum atomic E-state index is 14.8. The molecule has 0 radical (unpaired) electrons. The van der Waals surface area contributed by atoms with Gasteiger partial charge in [0.1, 0.15) is 5.82 Å². The summed E-state index contributed by atoms with van der Waals surface area (Å²) in [5, 5.41) is 0. The van der Waals surface area contributed by atoms with Gasteiger partial charge in [-0.05, 0) is 41.3 Å². The third-order valence-electron chi connectivity index (χ3n) is 6.09. The summed E-state index contributed by atoms with van der Waals surface area (Å²) < 4.78 is 60.7. The molecule has 0 N–H and O–H groups in total. The van der Waals surface area contributed by atoms with Crippen LogP contribution < -0.4 is 4.74 Å². The minimum atomic E-state index is -0.993. The molecule has 1 saturated heterocycles. The van der Waals surface area contributed by atoms with E-state index in [1.54, 1.807) is 42.5 Å². The van der Waals surface area contributed by atoms with Crippen LogP contribution >= 0.6 is 0 Å². The third kappa shape index (κ3) is 5.77. The Morgan fingerprint density at radius 2 is 1.57 bits per heavy atom. The van der Waals surface area contributed by atoms with Crippen molar-refractivity contribution in [3.05, 3.63) is 90.3 Å². The van der Waals surface area contributed by atoms with E-state index in [4.69, 9.17) is 14.2 Å². The molecule has 1 aliphatic heterocycles. The molecule has 0 atom stereocenters. The summed E-state index contributed by atoms with van der Waals surface area (Å²) in [6, 6.07) is 14.7. The third-order valence-corrected chi connectivity index (χ3v) is 6.09. The van der Waals surface area contributed by atoms with Crippen LogP contribution in [0.1, 0.15) is 38.0 Å². The van der Waals surface area contributed by atoms with Gasteiger partial charge in [-0.3, -0.25) is 0 Å². The molecular formula is C29H29F3O3. The summed E-state index contributed by atoms with van der Waals surface area (Å²) in [6.45, 7) is 6.99. The molecule has 3 nitrogen and oxygen atoms in total. The van der Waals surface area contributed by atoms with Crippen molar-refractivity contribution in [3.8, 4) is 28.0 Å². The maximum Gasteiger partial charge on any atom is 0.201 e. The van der Waals surface area contributed by atoms with Crippen LogP contribution in [0.15, 0.2) is 67.3 Å². The van der Waals surface area contributed by atoms with Crippen molar-refractivity contribution in [3.63, 3.8) is 0 Å². The zero-order valence-electron chi connectivity index (χ0n) is 19.7. The summed E-state index contributed by atoms with van der Waals surface area (Å²) in [7, 11) is 0. The summed E-state index contributed by atoms with van der Waals surface area (Å²) in [5.41, 5.74) is 2.39. The van der Waals surface area contributed by atoms with E-state index in [0.29, 0.717) is 36.5 Å². The fourth-order valence-electron chi connectivity index (χ4n) is 3.97. The van der Waals surface area contributed by atoms with Crippen LogP contribution in [0.2, 0.25) is 0 Å². The van der Waals surface area contributed by atoms with Crippen LogP contribution in [0.3, 0.4) is 0 Å². The second-order valence-corrected chi connectivity index (χ2v) is 8.60. The van der Waals surface area contributed by atoms with Crippen molar-refractivity contribution in [1.82, 2.24) is 0 Å². The monoisotopic (exact) mass is 482 g/mol. The van der Waals surface area contributed by atoms with Gasteiger partial charge in [-0.1, -0.05) is 62.2 Å². The summed E-state index contributed by atoms with van der Waals surface area (Å²) >= 11 is 0. The lowest BCUT2D eigenvalue weighted by atomic mass is 9.98. The zero-order chi connectivity index (χ0) is 24.8. The Kier molecular flexibility index (Phi) is 8.26. The van der Waals surface area contributed by atoms with Gasteiger partial charge >= 0.3 is 0 Å². The number of halogens is 3. The number of benzene rings is 3. The molecule has 6 heteroatoms. The molecule has 0 amide bonds. The van der Waals surface area contributed by atoms with Crippen molar-refractivity contribution >= 4 is 0 Å². The second-order valence-electron chi connectivity index (χ2n) is 8.60. The summed E-state index contributed by atoms with van der Waals surface area (Å²) in [5.74, 6) is -2.36. The Balaban J connectivity index is 1.48. The van der Waals surface area contributed by atoms with Gasteiger partial charge in [-0.25, -0.2) is 8.78 Å². The van der Waals surface area contributed by atoms with Gasteiger partial charge in [0.2, 0.25) is 5.82 Å². The minimum absolute atomic E-state index is 0.0829. The molecular weight excluding hydrogens is 453 g/mol. The number of rotatable bonds is 9. The Morgan fingerprint density at radius 1 is 0.886 bits per heavy atom. The van der Waals surface area contributed by atoms with Crippen molar-refractivity contribution in [1.29, 1.82) is 0 Å². The molecule has 1 fully saturated rings. The predicted octanol–water partition coefficient (Wildman–Crippen LogP) is 7.85. The normalized spacial score (nSPS) is 17.8. The highest BCUT2D eigenvalue weighted by Gasteiger charge is 2.24. The molecule has 184 valence electrons. The molecule has 0 unspecified atom stereocenters. The maximum absolute atomic E-state index is 14.8. The number of ether oxygens (including phenoxy) is 3. The first kappa shape index (κ1) is 25.0. The highest BCUT2D eigenvalue weighted by atomic mass is 19.2. The SMILES string of the molecule is C=CC1COC(c2ccc(-c3ccc(-c4ccc(OCCCCC)c(F)c4F)cc3)cc2F)OC1. The van der Waals surface area contributed by atoms with E-state index >= 15 is 0 Å². The molecule has 3 aromatic rings. The first-order chi connectivity index (χ1) is 17.0. The van der Waals surface area contributed by atoms with Crippen molar-refractivity contribution in [2.24, 2.45) is 5.92 Å². The van der Waals surface area contributed by atoms with Crippen molar-refractivity contribution in [2.75, 3.05) is 19.8 Å². The Bertz CT molecular complexity index is 1150. The van der Waals surface area contributed by atoms with Gasteiger partial charge in [0.15, 0.2) is 17.9 Å². The highest BCUT2D eigenvalue weighted by molar-refractivity contribution is 5.71. The Morgan fingerprint density at radius 3 is 2.23 bits per heavy atom. The van der Waals surface area contributed by atoms with Crippen LogP contribution in [-0.4, -0.2) is 19.8 Å². The Hall–Kier alpha value is -3.09. The van der Waals surface area contributed by atoms with Gasteiger partial charge in [-0.15, -0.1) is 6.58 Å². The van der Waals surface area contributed by atoms with Crippen LogP contribution in [0, 0.1) is 23.4 Å². The predicted molar refractivity (Wildman–Crippen MR) is 131 cm³/mol. The number of hydrogen-bond donors (Lipinski definition) is 0. The zero-order valence-corrected chi connectivity index (χ0v) is 19.7. The smallest absolute Gasteiger partial charge is 0.201 e. The largest absolute Gasteiger partial charge is 0.490 e. The van der Waals surface area contributed by atoms with E-state index in [-0.39, 0.29) is 17.2 Å². The average molecular weight is 483 g/mol. The first-order valence-electron chi connectivity index (χ1n) is 11.9. The van der Waals surface area contributed by atoms with Crippen LogP contribution in [0.25, 0.3) is 22.3 Å². The molecule has 1 heterocycles. The second kappa shape index (κ2) is 11.6. The summed E-state index contributed by atoms with van der Waals surface area (Å²) in [6.07, 6.45) is 3.79. The number of hydrogen-bond acceptors (Lipinski definition) is 3. The fraction of sp³-hybridized carbons (Fsp3) is 0.310. The van der Waals surface area contributed by atoms with Crippen LogP contribution in [-0.2, 0) is 9.47 Å². The topological polar surface area (TPSA) is 27.7 Å². The minimum Gasteiger partial charge on any atom is -0.490 e. The molecule has 4 rings (SSSR count). The van der Waals surface area contributed by atoms with E-state index in [1.165, 1.54) is 18.2 Å². The quantitative estimate of drug-likeness (QED) is 0.230. The lowest BCUT2D eigenvalue weighted by molar-refractivity contribution is -0.198. The first-order valence-corrected chi connectivity index (χ1v) is 11.9. The van der Waals surface area contributed by atoms with Gasteiger partial charge < -0.3 is 14.2 Å².